The van der Waals surface area contributed by atoms with Gasteiger partial charge >= 0.3 is 5.97 Å². The van der Waals surface area contributed by atoms with E-state index in [1.807, 2.05) is 6.07 Å². The lowest BCUT2D eigenvalue weighted by molar-refractivity contribution is -0.137. The number of hydrogen-bond acceptors (Lipinski definition) is 1. The predicted molar refractivity (Wildman–Crippen MR) is 63.6 cm³/mol. The Morgan fingerprint density at radius 1 is 1.38 bits per heavy atom. The van der Waals surface area contributed by atoms with E-state index in [2.05, 4.69) is 32.0 Å². The van der Waals surface area contributed by atoms with Gasteiger partial charge < -0.3 is 5.11 Å². The predicted octanol–water partition coefficient (Wildman–Crippen LogP) is 3.39. The average Bonchev–Trinajstić information content (AvgIpc) is 2.57. The Labute approximate surface area is 96.3 Å². The summed E-state index contributed by atoms with van der Waals surface area (Å²) < 4.78 is 0. The minimum absolute atomic E-state index is 0.209. The first kappa shape index (κ1) is 11.2. The van der Waals surface area contributed by atoms with Crippen LogP contribution in [0, 0.1) is 5.92 Å². The number of hydrogen-bond donors (Lipinski definition) is 1. The molecule has 16 heavy (non-hydrogen) atoms. The molecular formula is C14H18O2. The first-order valence-corrected chi connectivity index (χ1v) is 5.90. The van der Waals surface area contributed by atoms with E-state index in [9.17, 15) is 4.79 Å². The third kappa shape index (κ3) is 1.97. The van der Waals surface area contributed by atoms with Gasteiger partial charge in [-0.05, 0) is 35.3 Å². The van der Waals surface area contributed by atoms with E-state index < -0.39 is 5.97 Å². The van der Waals surface area contributed by atoms with Crippen molar-refractivity contribution < 1.29 is 9.90 Å². The topological polar surface area (TPSA) is 37.3 Å². The quantitative estimate of drug-likeness (QED) is 0.844. The standard InChI is InChI=1S/C14H18O2/c1-9(2)13-7-10(8-14(15)16)11-5-3-4-6-12(11)13/h3-6,9-10,13H,7-8H2,1-2H3,(H,15,16)/t10-,13+/m1/s1. The van der Waals surface area contributed by atoms with Crippen LogP contribution in [0.1, 0.15) is 49.7 Å². The maximum absolute atomic E-state index is 10.8. The van der Waals surface area contributed by atoms with Gasteiger partial charge in [0.2, 0.25) is 0 Å². The van der Waals surface area contributed by atoms with E-state index in [0.717, 1.165) is 6.42 Å². The van der Waals surface area contributed by atoms with Gasteiger partial charge in [0.25, 0.3) is 0 Å². The minimum Gasteiger partial charge on any atom is -0.481 e. The molecule has 86 valence electrons. The fourth-order valence-corrected chi connectivity index (χ4v) is 2.82. The molecule has 0 amide bonds. The largest absolute Gasteiger partial charge is 0.481 e. The van der Waals surface area contributed by atoms with Crippen molar-refractivity contribution in [2.45, 2.75) is 38.5 Å². The van der Waals surface area contributed by atoms with Crippen molar-refractivity contribution in [3.8, 4) is 0 Å². The molecule has 2 rings (SSSR count). The minimum atomic E-state index is -0.691. The number of benzene rings is 1. The van der Waals surface area contributed by atoms with Gasteiger partial charge in [-0.2, -0.15) is 0 Å². The number of carboxylic acids is 1. The molecule has 0 radical (unpaired) electrons. The highest BCUT2D eigenvalue weighted by atomic mass is 16.4. The van der Waals surface area contributed by atoms with Crippen LogP contribution in [-0.2, 0) is 4.79 Å². The molecule has 1 N–H and O–H groups in total. The van der Waals surface area contributed by atoms with Crippen LogP contribution in [0.2, 0.25) is 0 Å². The third-order valence-electron chi connectivity index (χ3n) is 3.60. The van der Waals surface area contributed by atoms with Gasteiger partial charge in [0.1, 0.15) is 0 Å². The lowest BCUT2D eigenvalue weighted by Gasteiger charge is -2.15. The molecule has 2 heteroatoms. The van der Waals surface area contributed by atoms with Crippen LogP contribution in [0.15, 0.2) is 24.3 Å². The lowest BCUT2D eigenvalue weighted by Crippen LogP contribution is -2.05. The van der Waals surface area contributed by atoms with Crippen LogP contribution in [0.25, 0.3) is 0 Å². The first-order valence-electron chi connectivity index (χ1n) is 5.90. The summed E-state index contributed by atoms with van der Waals surface area (Å²) in [7, 11) is 0. The lowest BCUT2D eigenvalue weighted by atomic mass is 9.89. The van der Waals surface area contributed by atoms with Crippen molar-refractivity contribution in [1.29, 1.82) is 0 Å². The molecular weight excluding hydrogens is 200 g/mol. The van der Waals surface area contributed by atoms with Crippen molar-refractivity contribution in [1.82, 2.24) is 0 Å². The molecule has 0 aliphatic heterocycles. The van der Waals surface area contributed by atoms with E-state index in [1.165, 1.54) is 11.1 Å². The number of carbonyl (C=O) groups is 1. The Balaban J connectivity index is 2.31. The first-order chi connectivity index (χ1) is 7.59. The van der Waals surface area contributed by atoms with Gasteiger partial charge in [0.15, 0.2) is 0 Å². The van der Waals surface area contributed by atoms with E-state index >= 15 is 0 Å². The van der Waals surface area contributed by atoms with Crippen molar-refractivity contribution in [3.63, 3.8) is 0 Å². The summed E-state index contributed by atoms with van der Waals surface area (Å²) in [6.45, 7) is 4.43. The van der Waals surface area contributed by atoms with Crippen molar-refractivity contribution in [2.75, 3.05) is 0 Å². The van der Waals surface area contributed by atoms with Gasteiger partial charge in [-0.25, -0.2) is 0 Å². The Morgan fingerprint density at radius 3 is 2.56 bits per heavy atom. The van der Waals surface area contributed by atoms with Crippen molar-refractivity contribution in [3.05, 3.63) is 35.4 Å². The molecule has 2 atom stereocenters. The smallest absolute Gasteiger partial charge is 0.303 e. The van der Waals surface area contributed by atoms with Crippen LogP contribution >= 0.6 is 0 Å². The summed E-state index contributed by atoms with van der Waals surface area (Å²) in [6, 6.07) is 8.31. The van der Waals surface area contributed by atoms with Gasteiger partial charge in [-0.1, -0.05) is 38.1 Å². The Morgan fingerprint density at radius 2 is 2.00 bits per heavy atom. The van der Waals surface area contributed by atoms with E-state index in [1.54, 1.807) is 0 Å². The molecule has 0 saturated carbocycles. The molecule has 1 aliphatic carbocycles. The summed E-state index contributed by atoms with van der Waals surface area (Å²) in [5, 5.41) is 8.92. The van der Waals surface area contributed by atoms with Crippen LogP contribution in [0.3, 0.4) is 0 Å². The van der Waals surface area contributed by atoms with E-state index in [4.69, 9.17) is 5.11 Å². The summed E-state index contributed by atoms with van der Waals surface area (Å²) in [4.78, 5) is 10.8. The van der Waals surface area contributed by atoms with Crippen molar-refractivity contribution in [2.24, 2.45) is 5.92 Å². The molecule has 0 bridgehead atoms. The normalized spacial score (nSPS) is 23.4. The van der Waals surface area contributed by atoms with Crippen LogP contribution in [-0.4, -0.2) is 11.1 Å². The maximum atomic E-state index is 10.8. The highest BCUT2D eigenvalue weighted by molar-refractivity contribution is 5.68. The molecule has 1 aliphatic rings. The van der Waals surface area contributed by atoms with Crippen LogP contribution < -0.4 is 0 Å². The Hall–Kier alpha value is -1.31. The second-order valence-corrected chi connectivity index (χ2v) is 5.01. The third-order valence-corrected chi connectivity index (χ3v) is 3.60. The fourth-order valence-electron chi connectivity index (χ4n) is 2.82. The van der Waals surface area contributed by atoms with Gasteiger partial charge in [0, 0.05) is 0 Å². The monoisotopic (exact) mass is 218 g/mol. The molecule has 0 heterocycles. The van der Waals surface area contributed by atoms with E-state index in [-0.39, 0.29) is 12.3 Å². The molecule has 2 nitrogen and oxygen atoms in total. The zero-order valence-corrected chi connectivity index (χ0v) is 9.81. The second kappa shape index (κ2) is 4.28. The van der Waals surface area contributed by atoms with Gasteiger partial charge in [-0.15, -0.1) is 0 Å². The Kier molecular flexibility index (Phi) is 2.99. The maximum Gasteiger partial charge on any atom is 0.303 e. The fraction of sp³-hybridized carbons (Fsp3) is 0.500. The molecule has 0 spiro atoms. The number of rotatable bonds is 3. The highest BCUT2D eigenvalue weighted by Gasteiger charge is 2.33. The zero-order valence-electron chi connectivity index (χ0n) is 9.81. The van der Waals surface area contributed by atoms with E-state index in [0.29, 0.717) is 11.8 Å². The molecule has 0 aromatic heterocycles. The van der Waals surface area contributed by atoms with Crippen LogP contribution in [0.5, 0.6) is 0 Å². The molecule has 0 fully saturated rings. The summed E-state index contributed by atoms with van der Waals surface area (Å²) in [6.07, 6.45) is 1.25. The zero-order chi connectivity index (χ0) is 11.7. The molecule has 1 aromatic carbocycles. The average molecular weight is 218 g/mol. The summed E-state index contributed by atoms with van der Waals surface area (Å²) >= 11 is 0. The number of carboxylic acid groups (broad SMARTS) is 1. The van der Waals surface area contributed by atoms with Gasteiger partial charge in [0.05, 0.1) is 6.42 Å². The molecule has 0 saturated heterocycles. The SMILES string of the molecule is CC(C)[C@@H]1C[C@H](CC(=O)O)c2ccccc21. The molecule has 0 unspecified atom stereocenters. The summed E-state index contributed by atoms with van der Waals surface area (Å²) in [5.74, 6) is 0.630. The number of fused-ring (bicyclic) bond motifs is 1. The Bertz CT molecular complexity index is 395. The molecule has 1 aromatic rings. The van der Waals surface area contributed by atoms with Crippen molar-refractivity contribution >= 4 is 5.97 Å². The highest BCUT2D eigenvalue weighted by Crippen LogP contribution is 2.46. The summed E-state index contributed by atoms with van der Waals surface area (Å²) in [5.41, 5.74) is 2.62. The second-order valence-electron chi connectivity index (χ2n) is 5.01. The van der Waals surface area contributed by atoms with Crippen LogP contribution in [0.4, 0.5) is 0 Å². The number of aliphatic carboxylic acids is 1. The van der Waals surface area contributed by atoms with Gasteiger partial charge in [-0.3, -0.25) is 4.79 Å².